The Labute approximate surface area is 170 Å². The van der Waals surface area contributed by atoms with Crippen LogP contribution in [0, 0.1) is 13.8 Å². The van der Waals surface area contributed by atoms with E-state index >= 15 is 0 Å². The summed E-state index contributed by atoms with van der Waals surface area (Å²) in [7, 11) is 3.36. The van der Waals surface area contributed by atoms with Crippen LogP contribution in [0.3, 0.4) is 0 Å². The van der Waals surface area contributed by atoms with Gasteiger partial charge in [0.1, 0.15) is 0 Å². The number of ether oxygens (including phenoxy) is 3. The molecular weight excluding hydrogens is 374 g/mol. The number of hydrogen-bond donors (Lipinski definition) is 1. The summed E-state index contributed by atoms with van der Waals surface area (Å²) in [4.78, 5) is 24.4. The van der Waals surface area contributed by atoms with E-state index in [0.717, 1.165) is 11.3 Å². The number of benzene rings is 1. The number of hydrogen-bond acceptors (Lipinski definition) is 6. The highest BCUT2D eigenvalue weighted by molar-refractivity contribution is 5.97. The van der Waals surface area contributed by atoms with Gasteiger partial charge in [0, 0.05) is 13.1 Å². The Morgan fingerprint density at radius 1 is 1.28 bits per heavy atom. The Morgan fingerprint density at radius 3 is 2.59 bits per heavy atom. The van der Waals surface area contributed by atoms with E-state index in [2.05, 4.69) is 10.4 Å². The van der Waals surface area contributed by atoms with Crippen molar-refractivity contribution < 1.29 is 23.8 Å². The van der Waals surface area contributed by atoms with Gasteiger partial charge >= 0.3 is 5.97 Å². The molecule has 29 heavy (non-hydrogen) atoms. The molecule has 0 aliphatic carbocycles. The van der Waals surface area contributed by atoms with Crippen LogP contribution in [0.15, 0.2) is 24.3 Å². The molecule has 2 rings (SSSR count). The molecule has 8 heteroatoms. The predicted octanol–water partition coefficient (Wildman–Crippen LogP) is 3.03. The van der Waals surface area contributed by atoms with E-state index in [-0.39, 0.29) is 0 Å². The standard InChI is InChI=1S/C21H27N3O5/c1-7-28-18-12-16(8-10-17(18)27-6)9-11-19(25)29-15(4)21(26)22-20-13(2)23-24(5)14(20)3/h8-12,15H,7H2,1-6H3,(H,22,26)/b11-9+/t15-/m1/s1. The second kappa shape index (κ2) is 9.77. The summed E-state index contributed by atoms with van der Waals surface area (Å²) in [5.74, 6) is 0.147. The van der Waals surface area contributed by atoms with Crippen molar-refractivity contribution in [2.75, 3.05) is 19.0 Å². The van der Waals surface area contributed by atoms with Crippen molar-refractivity contribution in [3.8, 4) is 11.5 Å². The van der Waals surface area contributed by atoms with Crippen LogP contribution in [0.25, 0.3) is 6.08 Å². The highest BCUT2D eigenvalue weighted by Crippen LogP contribution is 2.28. The number of methoxy groups -OCH3 is 1. The molecule has 1 aromatic heterocycles. The third kappa shape index (κ3) is 5.60. The lowest BCUT2D eigenvalue weighted by atomic mass is 10.2. The molecule has 1 N–H and O–H groups in total. The number of carbonyl (C=O) groups excluding carboxylic acids is 2. The molecule has 2 aromatic rings. The summed E-state index contributed by atoms with van der Waals surface area (Å²) >= 11 is 0. The minimum Gasteiger partial charge on any atom is -0.493 e. The second-order valence-electron chi connectivity index (χ2n) is 6.41. The molecule has 0 bridgehead atoms. The van der Waals surface area contributed by atoms with Crippen molar-refractivity contribution in [1.29, 1.82) is 0 Å². The first kappa shape index (κ1) is 22.0. The van der Waals surface area contributed by atoms with Crippen molar-refractivity contribution in [2.45, 2.75) is 33.8 Å². The SMILES string of the molecule is CCOc1cc(/C=C/C(=O)O[C@H](C)C(=O)Nc2c(C)nn(C)c2C)ccc1OC. The third-order valence-corrected chi connectivity index (χ3v) is 4.32. The van der Waals surface area contributed by atoms with E-state index in [0.29, 0.717) is 29.5 Å². The van der Waals surface area contributed by atoms with Crippen LogP contribution < -0.4 is 14.8 Å². The molecule has 156 valence electrons. The van der Waals surface area contributed by atoms with Crippen LogP contribution in [0.5, 0.6) is 11.5 Å². The van der Waals surface area contributed by atoms with Crippen molar-refractivity contribution in [1.82, 2.24) is 9.78 Å². The predicted molar refractivity (Wildman–Crippen MR) is 110 cm³/mol. The number of esters is 1. The smallest absolute Gasteiger partial charge is 0.331 e. The van der Waals surface area contributed by atoms with Crippen LogP contribution in [-0.2, 0) is 21.4 Å². The van der Waals surface area contributed by atoms with Gasteiger partial charge in [-0.2, -0.15) is 5.10 Å². The summed E-state index contributed by atoms with van der Waals surface area (Å²) in [6, 6.07) is 5.30. The van der Waals surface area contributed by atoms with E-state index < -0.39 is 18.0 Å². The Balaban J connectivity index is 1.99. The average molecular weight is 401 g/mol. The molecule has 0 unspecified atom stereocenters. The topological polar surface area (TPSA) is 91.7 Å². The fourth-order valence-corrected chi connectivity index (χ4v) is 2.68. The first-order valence-electron chi connectivity index (χ1n) is 9.27. The van der Waals surface area contributed by atoms with Gasteiger partial charge in [0.05, 0.1) is 30.8 Å². The van der Waals surface area contributed by atoms with Gasteiger partial charge < -0.3 is 19.5 Å². The normalized spacial score (nSPS) is 11.9. The number of anilines is 1. The Bertz CT molecular complexity index is 917. The number of carbonyl (C=O) groups is 2. The fraction of sp³-hybridized carbons (Fsp3) is 0.381. The summed E-state index contributed by atoms with van der Waals surface area (Å²) in [5, 5.41) is 7.00. The van der Waals surface area contributed by atoms with Gasteiger partial charge in [-0.05, 0) is 51.5 Å². The largest absolute Gasteiger partial charge is 0.493 e. The molecular formula is C21H27N3O5. The second-order valence-corrected chi connectivity index (χ2v) is 6.41. The van der Waals surface area contributed by atoms with Crippen molar-refractivity contribution >= 4 is 23.6 Å². The summed E-state index contributed by atoms with van der Waals surface area (Å²) in [6.07, 6.45) is 1.90. The molecule has 1 heterocycles. The van der Waals surface area contributed by atoms with Crippen molar-refractivity contribution in [2.24, 2.45) is 7.05 Å². The molecule has 1 atom stereocenters. The Kier molecular flexibility index (Phi) is 7.41. The van der Waals surface area contributed by atoms with Gasteiger partial charge in [0.25, 0.3) is 5.91 Å². The molecule has 0 saturated heterocycles. The maximum atomic E-state index is 12.3. The van der Waals surface area contributed by atoms with Crippen LogP contribution >= 0.6 is 0 Å². The van der Waals surface area contributed by atoms with Gasteiger partial charge in [-0.15, -0.1) is 0 Å². The zero-order valence-electron chi connectivity index (χ0n) is 17.6. The average Bonchev–Trinajstić information content (AvgIpc) is 2.92. The monoisotopic (exact) mass is 401 g/mol. The third-order valence-electron chi connectivity index (χ3n) is 4.32. The molecule has 1 aromatic carbocycles. The first-order valence-corrected chi connectivity index (χ1v) is 9.27. The number of nitrogens with zero attached hydrogens (tertiary/aromatic N) is 2. The zero-order valence-corrected chi connectivity index (χ0v) is 17.6. The van der Waals surface area contributed by atoms with E-state index in [1.807, 2.05) is 13.8 Å². The van der Waals surface area contributed by atoms with Gasteiger partial charge in [-0.1, -0.05) is 6.07 Å². The lowest BCUT2D eigenvalue weighted by Gasteiger charge is -2.12. The Hall–Kier alpha value is -3.29. The van der Waals surface area contributed by atoms with Crippen LogP contribution in [0.1, 0.15) is 30.8 Å². The van der Waals surface area contributed by atoms with Gasteiger partial charge in [-0.25, -0.2) is 4.79 Å². The molecule has 8 nitrogen and oxygen atoms in total. The number of aryl methyl sites for hydroxylation is 2. The molecule has 0 spiro atoms. The maximum Gasteiger partial charge on any atom is 0.331 e. The van der Waals surface area contributed by atoms with Crippen molar-refractivity contribution in [3.05, 3.63) is 41.2 Å². The quantitative estimate of drug-likeness (QED) is 0.540. The molecule has 0 saturated carbocycles. The summed E-state index contributed by atoms with van der Waals surface area (Å²) in [6.45, 7) is 7.53. The van der Waals surface area contributed by atoms with E-state index in [9.17, 15) is 9.59 Å². The van der Waals surface area contributed by atoms with Crippen molar-refractivity contribution in [3.63, 3.8) is 0 Å². The minimum atomic E-state index is -0.957. The molecule has 0 aliphatic heterocycles. The molecule has 0 fully saturated rings. The van der Waals surface area contributed by atoms with E-state index in [1.54, 1.807) is 50.0 Å². The summed E-state index contributed by atoms with van der Waals surface area (Å²) in [5.41, 5.74) is 2.88. The van der Waals surface area contributed by atoms with Crippen LogP contribution in [0.4, 0.5) is 5.69 Å². The minimum absolute atomic E-state index is 0.422. The van der Waals surface area contributed by atoms with Gasteiger partial charge in [0.2, 0.25) is 0 Å². The highest BCUT2D eigenvalue weighted by atomic mass is 16.5. The van der Waals surface area contributed by atoms with E-state index in [4.69, 9.17) is 14.2 Å². The first-order chi connectivity index (χ1) is 13.8. The van der Waals surface area contributed by atoms with E-state index in [1.165, 1.54) is 13.0 Å². The summed E-state index contributed by atoms with van der Waals surface area (Å²) < 4.78 is 17.6. The number of rotatable bonds is 8. The van der Waals surface area contributed by atoms with Gasteiger partial charge in [-0.3, -0.25) is 9.48 Å². The maximum absolute atomic E-state index is 12.3. The number of nitrogens with one attached hydrogen (secondary N) is 1. The van der Waals surface area contributed by atoms with Gasteiger partial charge in [0.15, 0.2) is 17.6 Å². The highest BCUT2D eigenvalue weighted by Gasteiger charge is 2.20. The Morgan fingerprint density at radius 2 is 2.00 bits per heavy atom. The lowest BCUT2D eigenvalue weighted by Crippen LogP contribution is -2.29. The fourth-order valence-electron chi connectivity index (χ4n) is 2.68. The molecule has 0 aliphatic rings. The zero-order chi connectivity index (χ0) is 21.6. The molecule has 1 amide bonds. The van der Waals surface area contributed by atoms with Crippen LogP contribution in [0.2, 0.25) is 0 Å². The van der Waals surface area contributed by atoms with Crippen LogP contribution in [-0.4, -0.2) is 41.5 Å². The number of aromatic nitrogens is 2. The lowest BCUT2D eigenvalue weighted by molar-refractivity contribution is -0.148. The molecule has 0 radical (unpaired) electrons. The number of amides is 1.